The molecular weight excluding hydrogens is 292 g/mol. The van der Waals surface area contributed by atoms with E-state index in [-0.39, 0.29) is 24.9 Å². The molecule has 5 nitrogen and oxygen atoms in total. The number of carbonyl (C=O) groups is 2. The molecule has 0 spiro atoms. The molecule has 1 N–H and O–H groups in total. The number of nitrogens with zero attached hydrogens (tertiary/aromatic N) is 1. The van der Waals surface area contributed by atoms with Crippen LogP contribution < -0.4 is 5.32 Å². The fourth-order valence-corrected chi connectivity index (χ4v) is 1.98. The van der Waals surface area contributed by atoms with Gasteiger partial charge in [-0.2, -0.15) is 5.26 Å². The van der Waals surface area contributed by atoms with Crippen LogP contribution in [-0.2, 0) is 14.3 Å². The van der Waals surface area contributed by atoms with Crippen LogP contribution in [0.3, 0.4) is 0 Å². The number of rotatable bonds is 7. The van der Waals surface area contributed by atoms with Gasteiger partial charge in [0.15, 0.2) is 6.61 Å². The van der Waals surface area contributed by atoms with E-state index in [4.69, 9.17) is 10.00 Å². The Morgan fingerprint density at radius 3 is 2.39 bits per heavy atom. The van der Waals surface area contributed by atoms with Crippen molar-refractivity contribution in [3.8, 4) is 6.07 Å². The van der Waals surface area contributed by atoms with Crippen LogP contribution in [0.15, 0.2) is 30.3 Å². The highest BCUT2D eigenvalue weighted by Gasteiger charge is 2.30. The zero-order chi connectivity index (χ0) is 17.5. The highest BCUT2D eigenvalue weighted by molar-refractivity contribution is 5.81. The lowest BCUT2D eigenvalue weighted by molar-refractivity contribution is -0.149. The first-order valence-corrected chi connectivity index (χ1v) is 7.71. The summed E-state index contributed by atoms with van der Waals surface area (Å²) in [5.41, 5.74) is 0.0756. The van der Waals surface area contributed by atoms with Gasteiger partial charge in [-0.3, -0.25) is 9.59 Å². The van der Waals surface area contributed by atoms with E-state index < -0.39 is 17.4 Å². The first-order valence-electron chi connectivity index (χ1n) is 7.71. The van der Waals surface area contributed by atoms with Gasteiger partial charge in [-0.25, -0.2) is 0 Å². The quantitative estimate of drug-likeness (QED) is 0.784. The topological polar surface area (TPSA) is 79.2 Å². The average molecular weight is 316 g/mol. The SMILES string of the molecule is CC(C)[C@@](C)(C#N)NC(=O)COC(=O)C[C@@H](C)c1ccccc1. The molecular formula is C18H24N2O3. The Morgan fingerprint density at radius 1 is 1.26 bits per heavy atom. The van der Waals surface area contributed by atoms with E-state index in [0.29, 0.717) is 0 Å². The number of esters is 1. The number of nitriles is 1. The number of hydrogen-bond donors (Lipinski definition) is 1. The van der Waals surface area contributed by atoms with Crippen LogP contribution in [0.25, 0.3) is 0 Å². The molecule has 0 heterocycles. The smallest absolute Gasteiger partial charge is 0.306 e. The second-order valence-corrected chi connectivity index (χ2v) is 6.19. The normalized spacial score (nSPS) is 14.4. The minimum absolute atomic E-state index is 0.0202. The molecule has 0 radical (unpaired) electrons. The third-order valence-corrected chi connectivity index (χ3v) is 3.99. The molecule has 1 aromatic carbocycles. The molecule has 5 heteroatoms. The third-order valence-electron chi connectivity index (χ3n) is 3.99. The Hall–Kier alpha value is -2.35. The zero-order valence-corrected chi connectivity index (χ0v) is 14.1. The molecule has 2 atom stereocenters. The van der Waals surface area contributed by atoms with Crippen molar-refractivity contribution in [3.63, 3.8) is 0 Å². The van der Waals surface area contributed by atoms with Gasteiger partial charge < -0.3 is 10.1 Å². The van der Waals surface area contributed by atoms with E-state index in [2.05, 4.69) is 11.4 Å². The Labute approximate surface area is 137 Å². The van der Waals surface area contributed by atoms with Crippen LogP contribution in [0.2, 0.25) is 0 Å². The molecule has 0 aliphatic heterocycles. The molecule has 124 valence electrons. The summed E-state index contributed by atoms with van der Waals surface area (Å²) in [6.07, 6.45) is 0.205. The maximum absolute atomic E-state index is 11.8. The molecule has 0 saturated carbocycles. The van der Waals surface area contributed by atoms with Crippen LogP contribution in [0.4, 0.5) is 0 Å². The molecule has 0 aliphatic carbocycles. The van der Waals surface area contributed by atoms with Crippen molar-refractivity contribution in [3.05, 3.63) is 35.9 Å². The lowest BCUT2D eigenvalue weighted by Crippen LogP contribution is -2.50. The second-order valence-electron chi connectivity index (χ2n) is 6.19. The number of carbonyl (C=O) groups excluding carboxylic acids is 2. The number of hydrogen-bond acceptors (Lipinski definition) is 4. The molecule has 0 fully saturated rings. The van der Waals surface area contributed by atoms with Crippen molar-refractivity contribution in [1.29, 1.82) is 5.26 Å². The minimum Gasteiger partial charge on any atom is -0.456 e. The number of amides is 1. The molecule has 1 amide bonds. The summed E-state index contributed by atoms with van der Waals surface area (Å²) in [5, 5.41) is 11.8. The Morgan fingerprint density at radius 2 is 1.87 bits per heavy atom. The van der Waals surface area contributed by atoms with Gasteiger partial charge in [0, 0.05) is 0 Å². The zero-order valence-electron chi connectivity index (χ0n) is 14.1. The molecule has 0 aliphatic rings. The van der Waals surface area contributed by atoms with Gasteiger partial charge in [-0.05, 0) is 24.3 Å². The lowest BCUT2D eigenvalue weighted by Gasteiger charge is -2.27. The molecule has 1 rings (SSSR count). The second kappa shape index (κ2) is 8.33. The summed E-state index contributed by atoms with van der Waals surface area (Å²) in [6, 6.07) is 11.7. The van der Waals surface area contributed by atoms with Crippen molar-refractivity contribution >= 4 is 11.9 Å². The molecule has 0 bridgehead atoms. The van der Waals surface area contributed by atoms with E-state index in [1.54, 1.807) is 6.92 Å². The Bertz CT molecular complexity index is 578. The first-order chi connectivity index (χ1) is 10.8. The van der Waals surface area contributed by atoms with Gasteiger partial charge in [0.2, 0.25) is 0 Å². The first kappa shape index (κ1) is 18.7. The summed E-state index contributed by atoms with van der Waals surface area (Å²) < 4.78 is 5.01. The fraction of sp³-hybridized carbons (Fsp3) is 0.500. The van der Waals surface area contributed by atoms with Crippen LogP contribution in [0.1, 0.15) is 45.6 Å². The largest absolute Gasteiger partial charge is 0.456 e. The summed E-state index contributed by atoms with van der Waals surface area (Å²) in [4.78, 5) is 23.7. The molecule has 23 heavy (non-hydrogen) atoms. The van der Waals surface area contributed by atoms with E-state index in [9.17, 15) is 9.59 Å². The van der Waals surface area contributed by atoms with Crippen molar-refractivity contribution in [2.24, 2.45) is 5.92 Å². The van der Waals surface area contributed by atoms with Crippen LogP contribution >= 0.6 is 0 Å². The minimum atomic E-state index is -0.971. The van der Waals surface area contributed by atoms with Gasteiger partial charge in [0.1, 0.15) is 5.54 Å². The van der Waals surface area contributed by atoms with Gasteiger partial charge >= 0.3 is 5.97 Å². The predicted molar refractivity (Wildman–Crippen MR) is 87.4 cm³/mol. The summed E-state index contributed by atoms with van der Waals surface area (Å²) in [6.45, 7) is 6.90. The van der Waals surface area contributed by atoms with Gasteiger partial charge in [-0.15, -0.1) is 0 Å². The van der Waals surface area contributed by atoms with E-state index in [1.807, 2.05) is 51.1 Å². The monoisotopic (exact) mass is 316 g/mol. The highest BCUT2D eigenvalue weighted by Crippen LogP contribution is 2.19. The van der Waals surface area contributed by atoms with Crippen LogP contribution in [0.5, 0.6) is 0 Å². The van der Waals surface area contributed by atoms with Crippen LogP contribution in [0, 0.1) is 17.2 Å². The van der Waals surface area contributed by atoms with Gasteiger partial charge in [-0.1, -0.05) is 51.1 Å². The van der Waals surface area contributed by atoms with Crippen molar-refractivity contribution < 1.29 is 14.3 Å². The van der Waals surface area contributed by atoms with Crippen molar-refractivity contribution in [1.82, 2.24) is 5.32 Å². The van der Waals surface area contributed by atoms with Crippen LogP contribution in [-0.4, -0.2) is 24.0 Å². The fourth-order valence-electron chi connectivity index (χ4n) is 1.98. The van der Waals surface area contributed by atoms with E-state index in [1.165, 1.54) is 0 Å². The molecule has 0 unspecified atom stereocenters. The number of ether oxygens (including phenoxy) is 1. The summed E-state index contributed by atoms with van der Waals surface area (Å²) in [7, 11) is 0. The Kier molecular flexibility index (Phi) is 6.77. The molecule has 0 saturated heterocycles. The van der Waals surface area contributed by atoms with E-state index >= 15 is 0 Å². The molecule has 0 aromatic heterocycles. The lowest BCUT2D eigenvalue weighted by atomic mass is 9.90. The summed E-state index contributed by atoms with van der Waals surface area (Å²) in [5.74, 6) is -0.930. The van der Waals surface area contributed by atoms with Crippen molar-refractivity contribution in [2.45, 2.75) is 45.6 Å². The van der Waals surface area contributed by atoms with Gasteiger partial charge in [0.25, 0.3) is 5.91 Å². The molecule has 1 aromatic rings. The Balaban J connectivity index is 2.44. The highest BCUT2D eigenvalue weighted by atomic mass is 16.5. The third kappa shape index (κ3) is 5.74. The standard InChI is InChI=1S/C18H24N2O3/c1-13(2)18(4,12-19)20-16(21)11-23-17(22)10-14(3)15-8-6-5-7-9-15/h5-9,13-14H,10-11H2,1-4H3,(H,20,21)/t14-,18-/m1/s1. The number of nitrogens with one attached hydrogen (secondary N) is 1. The maximum atomic E-state index is 11.8. The average Bonchev–Trinajstić information content (AvgIpc) is 2.53. The predicted octanol–water partition coefficient (Wildman–Crippen LogP) is 2.78. The van der Waals surface area contributed by atoms with E-state index in [0.717, 1.165) is 5.56 Å². The summed E-state index contributed by atoms with van der Waals surface area (Å²) >= 11 is 0. The van der Waals surface area contributed by atoms with Crippen molar-refractivity contribution in [2.75, 3.05) is 6.61 Å². The maximum Gasteiger partial charge on any atom is 0.306 e. The van der Waals surface area contributed by atoms with Gasteiger partial charge in [0.05, 0.1) is 12.5 Å². The number of benzene rings is 1.